The summed E-state index contributed by atoms with van der Waals surface area (Å²) >= 11 is 0. The van der Waals surface area contributed by atoms with Crippen LogP contribution < -0.4 is 5.32 Å². The molecule has 21 heavy (non-hydrogen) atoms. The smallest absolute Gasteiger partial charge is 0.123 e. The molecule has 0 amide bonds. The van der Waals surface area contributed by atoms with E-state index in [9.17, 15) is 4.39 Å². The van der Waals surface area contributed by atoms with E-state index in [0.29, 0.717) is 6.54 Å². The predicted molar refractivity (Wildman–Crippen MR) is 83.8 cm³/mol. The number of hydrogen-bond donors (Lipinski definition) is 1. The van der Waals surface area contributed by atoms with Crippen molar-refractivity contribution < 1.29 is 4.39 Å². The zero-order chi connectivity index (χ0) is 15.3. The second-order valence-corrected chi connectivity index (χ2v) is 6.46. The van der Waals surface area contributed by atoms with Crippen molar-refractivity contribution >= 4 is 0 Å². The van der Waals surface area contributed by atoms with Crippen LogP contribution in [0.2, 0.25) is 0 Å². The van der Waals surface area contributed by atoms with Crippen LogP contribution in [0.1, 0.15) is 38.3 Å². The number of benzene rings is 1. The van der Waals surface area contributed by atoms with Crippen LogP contribution in [0.25, 0.3) is 0 Å². The summed E-state index contributed by atoms with van der Waals surface area (Å²) in [6.07, 6.45) is 6.04. The van der Waals surface area contributed by atoms with E-state index >= 15 is 0 Å². The highest BCUT2D eigenvalue weighted by atomic mass is 19.1. The van der Waals surface area contributed by atoms with Gasteiger partial charge in [-0.1, -0.05) is 12.1 Å². The van der Waals surface area contributed by atoms with Gasteiger partial charge in [0, 0.05) is 11.7 Å². The molecule has 0 saturated heterocycles. The van der Waals surface area contributed by atoms with Crippen LogP contribution in [-0.4, -0.2) is 21.9 Å². The van der Waals surface area contributed by atoms with Gasteiger partial charge in [-0.05, 0) is 63.4 Å². The number of rotatable bonds is 6. The first-order chi connectivity index (χ1) is 9.92. The Morgan fingerprint density at radius 1 is 1.24 bits per heavy atom. The first-order valence-electron chi connectivity index (χ1n) is 7.43. The number of halogens is 1. The molecule has 1 N–H and O–H groups in total. The van der Waals surface area contributed by atoms with Gasteiger partial charge in [-0.25, -0.2) is 4.39 Å². The normalized spacial score (nSPS) is 11.8. The van der Waals surface area contributed by atoms with Gasteiger partial charge in [0.05, 0.1) is 12.7 Å². The maximum Gasteiger partial charge on any atom is 0.123 e. The molecule has 0 bridgehead atoms. The average molecular weight is 289 g/mol. The second kappa shape index (κ2) is 6.85. The van der Waals surface area contributed by atoms with E-state index in [0.717, 1.165) is 24.9 Å². The molecule has 2 rings (SSSR count). The molecule has 3 nitrogen and oxygen atoms in total. The van der Waals surface area contributed by atoms with E-state index in [1.807, 2.05) is 23.1 Å². The molecule has 4 heteroatoms. The van der Waals surface area contributed by atoms with Crippen LogP contribution >= 0.6 is 0 Å². The minimum absolute atomic E-state index is 0.168. The highest BCUT2D eigenvalue weighted by Gasteiger charge is 2.07. The fraction of sp³-hybridized carbons (Fsp3) is 0.471. The first-order valence-corrected chi connectivity index (χ1v) is 7.43. The molecule has 0 aliphatic rings. The monoisotopic (exact) mass is 289 g/mol. The number of nitrogens with zero attached hydrogens (tertiary/aromatic N) is 2. The minimum Gasteiger partial charge on any atom is -0.312 e. The Morgan fingerprint density at radius 3 is 2.76 bits per heavy atom. The van der Waals surface area contributed by atoms with Gasteiger partial charge in [-0.3, -0.25) is 4.68 Å². The van der Waals surface area contributed by atoms with Gasteiger partial charge in [0.25, 0.3) is 0 Å². The zero-order valence-electron chi connectivity index (χ0n) is 13.1. The Balaban J connectivity index is 1.81. The molecular formula is C17H24FN3. The standard InChI is InChI=1S/C17H24FN3/c1-17(2,3)19-9-5-7-15-11-20-21(13-15)12-14-6-4-8-16(18)10-14/h4,6,8,10-11,13,19H,5,7,9,12H2,1-3H3. The van der Waals surface area contributed by atoms with Crippen LogP contribution in [-0.2, 0) is 13.0 Å². The molecule has 1 aromatic heterocycles. The Hall–Kier alpha value is -1.68. The lowest BCUT2D eigenvalue weighted by atomic mass is 10.1. The Labute approximate surface area is 126 Å². The zero-order valence-corrected chi connectivity index (χ0v) is 13.1. The second-order valence-electron chi connectivity index (χ2n) is 6.46. The van der Waals surface area contributed by atoms with Crippen molar-refractivity contribution in [3.63, 3.8) is 0 Å². The topological polar surface area (TPSA) is 29.9 Å². The minimum atomic E-state index is -0.201. The fourth-order valence-corrected chi connectivity index (χ4v) is 2.20. The summed E-state index contributed by atoms with van der Waals surface area (Å²) < 4.78 is 15.0. The summed E-state index contributed by atoms with van der Waals surface area (Å²) in [5.74, 6) is -0.201. The van der Waals surface area contributed by atoms with Gasteiger partial charge in [-0.15, -0.1) is 0 Å². The van der Waals surface area contributed by atoms with Crippen LogP contribution in [0.5, 0.6) is 0 Å². The van der Waals surface area contributed by atoms with E-state index < -0.39 is 0 Å². The Kier molecular flexibility index (Phi) is 5.12. The van der Waals surface area contributed by atoms with E-state index in [2.05, 4.69) is 31.2 Å². The highest BCUT2D eigenvalue weighted by molar-refractivity contribution is 5.17. The summed E-state index contributed by atoms with van der Waals surface area (Å²) in [6.45, 7) is 8.12. The van der Waals surface area contributed by atoms with Crippen molar-refractivity contribution in [3.8, 4) is 0 Å². The molecule has 0 fully saturated rings. The SMILES string of the molecule is CC(C)(C)NCCCc1cnn(Cc2cccc(F)c2)c1. The van der Waals surface area contributed by atoms with Gasteiger partial charge in [0.2, 0.25) is 0 Å². The third-order valence-electron chi connectivity index (χ3n) is 3.22. The van der Waals surface area contributed by atoms with Crippen molar-refractivity contribution in [1.29, 1.82) is 0 Å². The molecule has 0 unspecified atom stereocenters. The van der Waals surface area contributed by atoms with E-state index in [4.69, 9.17) is 0 Å². The van der Waals surface area contributed by atoms with Crippen molar-refractivity contribution in [2.75, 3.05) is 6.54 Å². The summed E-state index contributed by atoms with van der Waals surface area (Å²) in [7, 11) is 0. The molecule has 0 radical (unpaired) electrons. The molecule has 1 heterocycles. The summed E-state index contributed by atoms with van der Waals surface area (Å²) in [4.78, 5) is 0. The lowest BCUT2D eigenvalue weighted by Crippen LogP contribution is -2.36. The average Bonchev–Trinajstić information content (AvgIpc) is 2.81. The van der Waals surface area contributed by atoms with Gasteiger partial charge >= 0.3 is 0 Å². The number of aryl methyl sites for hydroxylation is 1. The van der Waals surface area contributed by atoms with Crippen molar-refractivity contribution in [2.45, 2.75) is 45.7 Å². The lowest BCUT2D eigenvalue weighted by Gasteiger charge is -2.20. The first kappa shape index (κ1) is 15.7. The summed E-state index contributed by atoms with van der Waals surface area (Å²) in [6, 6.07) is 6.65. The molecule has 0 aliphatic carbocycles. The number of nitrogens with one attached hydrogen (secondary N) is 1. The van der Waals surface area contributed by atoms with Gasteiger partial charge in [-0.2, -0.15) is 5.10 Å². The van der Waals surface area contributed by atoms with Crippen molar-refractivity contribution in [2.24, 2.45) is 0 Å². The summed E-state index contributed by atoms with van der Waals surface area (Å²) in [5.41, 5.74) is 2.32. The summed E-state index contributed by atoms with van der Waals surface area (Å²) in [5, 5.41) is 7.82. The van der Waals surface area contributed by atoms with Crippen molar-refractivity contribution in [1.82, 2.24) is 15.1 Å². The van der Waals surface area contributed by atoms with Crippen LogP contribution in [0, 0.1) is 5.82 Å². The van der Waals surface area contributed by atoms with Crippen LogP contribution in [0.3, 0.4) is 0 Å². The van der Waals surface area contributed by atoms with E-state index in [1.165, 1.54) is 11.6 Å². The van der Waals surface area contributed by atoms with Gasteiger partial charge < -0.3 is 5.32 Å². The van der Waals surface area contributed by atoms with E-state index in [1.54, 1.807) is 12.1 Å². The van der Waals surface area contributed by atoms with Crippen molar-refractivity contribution in [3.05, 3.63) is 53.6 Å². The highest BCUT2D eigenvalue weighted by Crippen LogP contribution is 2.08. The Bertz CT molecular complexity index is 569. The molecule has 0 saturated carbocycles. The molecule has 0 spiro atoms. The molecule has 2 aromatic rings. The van der Waals surface area contributed by atoms with E-state index in [-0.39, 0.29) is 11.4 Å². The third kappa shape index (κ3) is 5.68. The van der Waals surface area contributed by atoms with Crippen LogP contribution in [0.4, 0.5) is 4.39 Å². The van der Waals surface area contributed by atoms with Gasteiger partial charge in [0.15, 0.2) is 0 Å². The maximum atomic E-state index is 13.1. The number of hydrogen-bond acceptors (Lipinski definition) is 2. The quantitative estimate of drug-likeness (QED) is 0.826. The van der Waals surface area contributed by atoms with Crippen LogP contribution in [0.15, 0.2) is 36.7 Å². The molecule has 0 atom stereocenters. The molecular weight excluding hydrogens is 265 g/mol. The molecule has 0 aliphatic heterocycles. The molecule has 1 aromatic carbocycles. The fourth-order valence-electron chi connectivity index (χ4n) is 2.20. The third-order valence-corrected chi connectivity index (χ3v) is 3.22. The number of aromatic nitrogens is 2. The maximum absolute atomic E-state index is 13.1. The molecule has 114 valence electrons. The largest absolute Gasteiger partial charge is 0.312 e. The Morgan fingerprint density at radius 2 is 2.05 bits per heavy atom. The lowest BCUT2D eigenvalue weighted by molar-refractivity contribution is 0.422. The predicted octanol–water partition coefficient (Wildman–Crippen LogP) is 3.39. The van der Waals surface area contributed by atoms with Gasteiger partial charge in [0.1, 0.15) is 5.82 Å².